The van der Waals surface area contributed by atoms with Crippen LogP contribution in [0.25, 0.3) is 0 Å². The van der Waals surface area contributed by atoms with Crippen molar-refractivity contribution in [2.24, 2.45) is 0 Å². The van der Waals surface area contributed by atoms with Crippen molar-refractivity contribution in [3.63, 3.8) is 0 Å². The first-order valence-corrected chi connectivity index (χ1v) is 8.40. The van der Waals surface area contributed by atoms with Gasteiger partial charge in [-0.3, -0.25) is 0 Å². The molecule has 0 bridgehead atoms. The number of hydrogen-bond acceptors (Lipinski definition) is 3. The zero-order valence-corrected chi connectivity index (χ0v) is 11.6. The number of rotatable bonds is 3. The summed E-state index contributed by atoms with van der Waals surface area (Å²) < 4.78 is 5.98. The highest BCUT2D eigenvalue weighted by atomic mass is 32.2. The molecule has 0 amide bonds. The minimum atomic E-state index is 0.301. The molecule has 3 heteroatoms. The quantitative estimate of drug-likeness (QED) is 0.838. The second-order valence-corrected chi connectivity index (χ2v) is 7.38. The molecule has 2 heterocycles. The Bertz CT molecular complexity index is 249. The maximum absolute atomic E-state index is 5.98. The summed E-state index contributed by atoms with van der Waals surface area (Å²) in [5.41, 5.74) is 0.301. The van der Waals surface area contributed by atoms with E-state index in [-0.39, 0.29) is 0 Å². The van der Waals surface area contributed by atoms with Crippen LogP contribution < -0.4 is 5.32 Å². The van der Waals surface area contributed by atoms with Crippen molar-refractivity contribution >= 4 is 11.8 Å². The first-order valence-electron chi connectivity index (χ1n) is 7.35. The van der Waals surface area contributed by atoms with Gasteiger partial charge in [0.25, 0.3) is 0 Å². The smallest absolute Gasteiger partial charge is 0.0697 e. The summed E-state index contributed by atoms with van der Waals surface area (Å²) in [6.45, 7) is 2.21. The van der Waals surface area contributed by atoms with E-state index in [1.165, 1.54) is 63.7 Å². The normalized spacial score (nSPS) is 36.7. The lowest BCUT2D eigenvalue weighted by atomic mass is 9.74. The number of nitrogens with one attached hydrogen (secondary N) is 1. The standard InChI is InChI=1S/C14H25NOS/c1-2-9-17-13(4-1)11-15-12-5-8-16-14(10-12)6-3-7-14/h12-13,15H,1-11H2. The molecule has 3 fully saturated rings. The van der Waals surface area contributed by atoms with Crippen LogP contribution in [0, 0.1) is 0 Å². The van der Waals surface area contributed by atoms with Crippen LogP contribution in [-0.4, -0.2) is 35.8 Å². The zero-order valence-electron chi connectivity index (χ0n) is 10.7. The molecule has 0 aromatic rings. The summed E-state index contributed by atoms with van der Waals surface area (Å²) in [6.07, 6.45) is 10.8. The predicted molar refractivity (Wildman–Crippen MR) is 73.7 cm³/mol. The first-order chi connectivity index (χ1) is 8.36. The van der Waals surface area contributed by atoms with Crippen LogP contribution in [0.3, 0.4) is 0 Å². The van der Waals surface area contributed by atoms with E-state index in [1.807, 2.05) is 0 Å². The molecular weight excluding hydrogens is 230 g/mol. The van der Waals surface area contributed by atoms with Gasteiger partial charge in [-0.15, -0.1) is 0 Å². The highest BCUT2D eigenvalue weighted by Crippen LogP contribution is 2.42. The molecule has 2 aliphatic heterocycles. The van der Waals surface area contributed by atoms with E-state index in [9.17, 15) is 0 Å². The van der Waals surface area contributed by atoms with Crippen LogP contribution in [0.2, 0.25) is 0 Å². The Balaban J connectivity index is 1.41. The van der Waals surface area contributed by atoms with E-state index in [2.05, 4.69) is 17.1 Å². The Labute approximate surface area is 109 Å². The molecule has 98 valence electrons. The second kappa shape index (κ2) is 5.50. The van der Waals surface area contributed by atoms with Crippen molar-refractivity contribution in [2.45, 2.75) is 68.3 Å². The fourth-order valence-corrected chi connectivity index (χ4v) is 4.64. The van der Waals surface area contributed by atoms with Crippen molar-refractivity contribution in [3.8, 4) is 0 Å². The Kier molecular flexibility index (Phi) is 3.98. The summed E-state index contributed by atoms with van der Waals surface area (Å²) in [6, 6.07) is 0.728. The van der Waals surface area contributed by atoms with Crippen molar-refractivity contribution < 1.29 is 4.74 Å². The predicted octanol–water partition coefficient (Wildman–Crippen LogP) is 2.96. The van der Waals surface area contributed by atoms with Crippen LogP contribution >= 0.6 is 11.8 Å². The van der Waals surface area contributed by atoms with E-state index in [0.717, 1.165) is 17.9 Å². The largest absolute Gasteiger partial charge is 0.375 e. The summed E-state index contributed by atoms with van der Waals surface area (Å²) in [4.78, 5) is 0. The molecule has 1 N–H and O–H groups in total. The van der Waals surface area contributed by atoms with E-state index >= 15 is 0 Å². The molecule has 3 rings (SSSR count). The first kappa shape index (κ1) is 12.3. The van der Waals surface area contributed by atoms with Gasteiger partial charge in [-0.05, 0) is 50.7 Å². The molecular formula is C14H25NOS. The number of ether oxygens (including phenoxy) is 1. The van der Waals surface area contributed by atoms with Gasteiger partial charge in [-0.2, -0.15) is 11.8 Å². The van der Waals surface area contributed by atoms with Crippen molar-refractivity contribution in [2.75, 3.05) is 18.9 Å². The van der Waals surface area contributed by atoms with Crippen LogP contribution in [0.1, 0.15) is 51.4 Å². The fourth-order valence-electron chi connectivity index (χ4n) is 3.39. The van der Waals surface area contributed by atoms with Gasteiger partial charge < -0.3 is 10.1 Å². The summed E-state index contributed by atoms with van der Waals surface area (Å²) >= 11 is 2.18. The molecule has 2 nitrogen and oxygen atoms in total. The van der Waals surface area contributed by atoms with Gasteiger partial charge >= 0.3 is 0 Å². The molecule has 17 heavy (non-hydrogen) atoms. The van der Waals surface area contributed by atoms with Gasteiger partial charge in [-0.25, -0.2) is 0 Å². The van der Waals surface area contributed by atoms with Gasteiger partial charge in [0.2, 0.25) is 0 Å². The van der Waals surface area contributed by atoms with Crippen molar-refractivity contribution in [1.29, 1.82) is 0 Å². The third kappa shape index (κ3) is 2.99. The second-order valence-electron chi connectivity index (χ2n) is 5.97. The maximum atomic E-state index is 5.98. The topological polar surface area (TPSA) is 21.3 Å². The summed E-state index contributed by atoms with van der Waals surface area (Å²) in [7, 11) is 0. The molecule has 0 radical (unpaired) electrons. The molecule has 1 saturated carbocycles. The van der Waals surface area contributed by atoms with E-state index < -0.39 is 0 Å². The lowest BCUT2D eigenvalue weighted by molar-refractivity contribution is -0.135. The maximum Gasteiger partial charge on any atom is 0.0697 e. The average Bonchev–Trinajstić information content (AvgIpc) is 2.36. The Morgan fingerprint density at radius 2 is 2.12 bits per heavy atom. The molecule has 2 saturated heterocycles. The lowest BCUT2D eigenvalue weighted by Crippen LogP contribution is -2.51. The number of hydrogen-bond donors (Lipinski definition) is 1. The van der Waals surface area contributed by atoms with Crippen molar-refractivity contribution in [1.82, 2.24) is 5.32 Å². The third-order valence-electron chi connectivity index (χ3n) is 4.67. The lowest BCUT2D eigenvalue weighted by Gasteiger charge is -2.47. The van der Waals surface area contributed by atoms with Gasteiger partial charge in [0.15, 0.2) is 0 Å². The van der Waals surface area contributed by atoms with Gasteiger partial charge in [0.05, 0.1) is 5.60 Å². The molecule has 0 aromatic carbocycles. The third-order valence-corrected chi connectivity index (χ3v) is 6.06. The Hall–Kier alpha value is 0.270. The average molecular weight is 255 g/mol. The minimum absolute atomic E-state index is 0.301. The van der Waals surface area contributed by atoms with Crippen LogP contribution in [0.15, 0.2) is 0 Å². The van der Waals surface area contributed by atoms with Crippen LogP contribution in [0.5, 0.6) is 0 Å². The van der Waals surface area contributed by atoms with Crippen LogP contribution in [0.4, 0.5) is 0 Å². The molecule has 1 spiro atoms. The SMILES string of the molecule is C1CCC(CNC2CCOC3(CCC3)C2)SC1. The monoisotopic (exact) mass is 255 g/mol. The van der Waals surface area contributed by atoms with E-state index in [0.29, 0.717) is 5.60 Å². The molecule has 0 aromatic heterocycles. The molecule has 2 unspecified atom stereocenters. The highest BCUT2D eigenvalue weighted by Gasteiger charge is 2.42. The van der Waals surface area contributed by atoms with Crippen molar-refractivity contribution in [3.05, 3.63) is 0 Å². The summed E-state index contributed by atoms with van der Waals surface area (Å²) in [5.74, 6) is 1.38. The van der Waals surface area contributed by atoms with Gasteiger partial charge in [-0.1, -0.05) is 6.42 Å². The minimum Gasteiger partial charge on any atom is -0.375 e. The van der Waals surface area contributed by atoms with E-state index in [1.54, 1.807) is 0 Å². The molecule has 3 aliphatic rings. The fraction of sp³-hybridized carbons (Fsp3) is 1.00. The number of thioether (sulfide) groups is 1. The van der Waals surface area contributed by atoms with Crippen LogP contribution in [-0.2, 0) is 4.74 Å². The molecule has 2 atom stereocenters. The Morgan fingerprint density at radius 3 is 2.82 bits per heavy atom. The molecule has 1 aliphatic carbocycles. The zero-order chi connectivity index (χ0) is 11.6. The van der Waals surface area contributed by atoms with Gasteiger partial charge in [0.1, 0.15) is 0 Å². The van der Waals surface area contributed by atoms with E-state index in [4.69, 9.17) is 4.74 Å². The Morgan fingerprint density at radius 1 is 1.18 bits per heavy atom. The summed E-state index contributed by atoms with van der Waals surface area (Å²) in [5, 5.41) is 4.69. The highest BCUT2D eigenvalue weighted by molar-refractivity contribution is 7.99. The van der Waals surface area contributed by atoms with Gasteiger partial charge in [0, 0.05) is 24.4 Å².